The maximum absolute atomic E-state index is 9.10. The van der Waals surface area contributed by atoms with Gasteiger partial charge in [0, 0.05) is 22.0 Å². The van der Waals surface area contributed by atoms with Crippen molar-refractivity contribution in [2.45, 2.75) is 12.8 Å². The third kappa shape index (κ3) is 2.85. The molecule has 1 aromatic heterocycles. The van der Waals surface area contributed by atoms with Gasteiger partial charge in [0.2, 0.25) is 6.79 Å². The average Bonchev–Trinajstić information content (AvgIpc) is 3.27. The van der Waals surface area contributed by atoms with Crippen molar-refractivity contribution in [2.24, 2.45) is 0 Å². The zero-order valence-corrected chi connectivity index (χ0v) is 15.3. The van der Waals surface area contributed by atoms with E-state index >= 15 is 0 Å². The summed E-state index contributed by atoms with van der Waals surface area (Å²) < 4.78 is 23.3. The van der Waals surface area contributed by atoms with E-state index in [1.165, 1.54) is 0 Å². The number of aryl methyl sites for hydroxylation is 1. The number of benzene rings is 2. The summed E-state index contributed by atoms with van der Waals surface area (Å²) in [5, 5.41) is 10.0. The van der Waals surface area contributed by atoms with Crippen LogP contribution in [0.1, 0.15) is 12.0 Å². The number of hydrogen-bond acceptors (Lipinski definition) is 5. The zero-order chi connectivity index (χ0) is 17.4. The molecule has 0 unspecified atom stereocenters. The Morgan fingerprint density at radius 2 is 2.00 bits per heavy atom. The van der Waals surface area contributed by atoms with E-state index in [1.54, 1.807) is 7.11 Å². The van der Waals surface area contributed by atoms with Gasteiger partial charge >= 0.3 is 0 Å². The van der Waals surface area contributed by atoms with Gasteiger partial charge in [0.25, 0.3) is 0 Å². The molecule has 6 heteroatoms. The van der Waals surface area contributed by atoms with Crippen molar-refractivity contribution < 1.29 is 23.7 Å². The van der Waals surface area contributed by atoms with Crippen LogP contribution in [0.5, 0.6) is 17.2 Å². The SMILES string of the molecule is COc1cc(CCCO)c(Br)c2cc(-c3ccc4c(c3)OCO4)oc12. The van der Waals surface area contributed by atoms with Crippen LogP contribution >= 0.6 is 15.9 Å². The molecule has 1 aliphatic heterocycles. The molecule has 4 rings (SSSR count). The van der Waals surface area contributed by atoms with E-state index in [4.69, 9.17) is 23.7 Å². The summed E-state index contributed by atoms with van der Waals surface area (Å²) in [6.07, 6.45) is 1.45. The Morgan fingerprint density at radius 3 is 2.80 bits per heavy atom. The lowest BCUT2D eigenvalue weighted by Crippen LogP contribution is -1.93. The molecule has 0 radical (unpaired) electrons. The predicted molar refractivity (Wildman–Crippen MR) is 97.4 cm³/mol. The molecule has 0 aliphatic carbocycles. The Morgan fingerprint density at radius 1 is 1.16 bits per heavy atom. The molecule has 0 fully saturated rings. The largest absolute Gasteiger partial charge is 0.493 e. The molecule has 2 aromatic carbocycles. The third-order valence-electron chi connectivity index (χ3n) is 4.26. The van der Waals surface area contributed by atoms with Crippen molar-refractivity contribution in [3.05, 3.63) is 40.4 Å². The van der Waals surface area contributed by atoms with Gasteiger partial charge in [0.1, 0.15) is 5.76 Å². The van der Waals surface area contributed by atoms with Crippen LogP contribution in [0.4, 0.5) is 0 Å². The van der Waals surface area contributed by atoms with Crippen LogP contribution in [0, 0.1) is 0 Å². The maximum atomic E-state index is 9.10. The minimum atomic E-state index is 0.153. The Balaban J connectivity index is 1.82. The van der Waals surface area contributed by atoms with Crippen LogP contribution in [0.15, 0.2) is 39.2 Å². The second-order valence-electron chi connectivity index (χ2n) is 5.80. The first-order valence-corrected chi connectivity index (χ1v) is 8.80. The smallest absolute Gasteiger partial charge is 0.231 e. The summed E-state index contributed by atoms with van der Waals surface area (Å²) >= 11 is 3.67. The Labute approximate surface area is 153 Å². The number of halogens is 1. The van der Waals surface area contributed by atoms with Crippen molar-refractivity contribution in [1.82, 2.24) is 0 Å². The number of aliphatic hydroxyl groups excluding tert-OH is 1. The normalized spacial score (nSPS) is 12.8. The Bertz CT molecular complexity index is 931. The standard InChI is InChI=1S/C19H17BrO5/c1-22-17-8-12(3-2-6-21)18(20)13-9-15(25-19(13)17)11-4-5-14-16(7-11)24-10-23-14/h4-5,7-9,21H,2-3,6,10H2,1H3. The van der Waals surface area contributed by atoms with Crippen molar-refractivity contribution in [2.75, 3.05) is 20.5 Å². The van der Waals surface area contributed by atoms with E-state index in [0.717, 1.165) is 38.9 Å². The highest BCUT2D eigenvalue weighted by molar-refractivity contribution is 9.10. The van der Waals surface area contributed by atoms with E-state index < -0.39 is 0 Å². The van der Waals surface area contributed by atoms with Crippen molar-refractivity contribution in [3.63, 3.8) is 0 Å². The fourth-order valence-corrected chi connectivity index (χ4v) is 3.60. The van der Waals surface area contributed by atoms with E-state index in [-0.39, 0.29) is 13.4 Å². The highest BCUT2D eigenvalue weighted by Gasteiger charge is 2.19. The summed E-state index contributed by atoms with van der Waals surface area (Å²) in [5.74, 6) is 2.86. The lowest BCUT2D eigenvalue weighted by Gasteiger charge is -2.08. The number of methoxy groups -OCH3 is 1. The number of fused-ring (bicyclic) bond motifs is 2. The van der Waals surface area contributed by atoms with E-state index in [9.17, 15) is 0 Å². The van der Waals surface area contributed by atoms with Crippen LogP contribution < -0.4 is 14.2 Å². The monoisotopic (exact) mass is 404 g/mol. The number of ether oxygens (including phenoxy) is 3. The number of rotatable bonds is 5. The maximum Gasteiger partial charge on any atom is 0.231 e. The Hall–Kier alpha value is -2.18. The van der Waals surface area contributed by atoms with Crippen LogP contribution in [0.3, 0.4) is 0 Å². The van der Waals surface area contributed by atoms with Crippen LogP contribution in [0.25, 0.3) is 22.3 Å². The summed E-state index contributed by atoms with van der Waals surface area (Å²) in [5.41, 5.74) is 2.68. The molecule has 130 valence electrons. The van der Waals surface area contributed by atoms with Crippen molar-refractivity contribution in [1.29, 1.82) is 0 Å². The van der Waals surface area contributed by atoms with E-state index in [0.29, 0.717) is 23.5 Å². The molecular weight excluding hydrogens is 388 g/mol. The van der Waals surface area contributed by atoms with Crippen molar-refractivity contribution in [3.8, 4) is 28.6 Å². The molecule has 3 aromatic rings. The second-order valence-corrected chi connectivity index (χ2v) is 6.59. The molecule has 1 aliphatic rings. The van der Waals surface area contributed by atoms with E-state index in [2.05, 4.69) is 15.9 Å². The van der Waals surface area contributed by atoms with Gasteiger partial charge in [-0.25, -0.2) is 0 Å². The summed E-state index contributed by atoms with van der Waals surface area (Å²) in [7, 11) is 1.63. The van der Waals surface area contributed by atoms with Gasteiger partial charge < -0.3 is 23.7 Å². The average molecular weight is 405 g/mol. The number of furan rings is 1. The number of hydrogen-bond donors (Lipinski definition) is 1. The molecule has 2 heterocycles. The summed E-state index contributed by atoms with van der Waals surface area (Å²) in [6.45, 7) is 0.396. The van der Waals surface area contributed by atoms with Crippen LogP contribution in [-0.2, 0) is 6.42 Å². The molecular formula is C19H17BrO5. The van der Waals surface area contributed by atoms with E-state index in [1.807, 2.05) is 30.3 Å². The highest BCUT2D eigenvalue weighted by Crippen LogP contribution is 2.42. The lowest BCUT2D eigenvalue weighted by molar-refractivity contribution is 0.174. The number of aliphatic hydroxyl groups is 1. The first-order chi connectivity index (χ1) is 12.2. The van der Waals surface area contributed by atoms with Gasteiger partial charge in [0.05, 0.1) is 7.11 Å². The first kappa shape index (κ1) is 16.3. The third-order valence-corrected chi connectivity index (χ3v) is 5.20. The van der Waals surface area contributed by atoms with Gasteiger partial charge in [0.15, 0.2) is 22.8 Å². The molecule has 0 bridgehead atoms. The fraction of sp³-hybridized carbons (Fsp3) is 0.263. The van der Waals surface area contributed by atoms with Gasteiger partial charge in [-0.3, -0.25) is 0 Å². The molecule has 0 saturated carbocycles. The van der Waals surface area contributed by atoms with Gasteiger partial charge in [-0.1, -0.05) is 0 Å². The minimum Gasteiger partial charge on any atom is -0.493 e. The molecule has 0 saturated heterocycles. The van der Waals surface area contributed by atoms with Gasteiger partial charge in [-0.05, 0) is 64.7 Å². The van der Waals surface area contributed by atoms with Crippen LogP contribution in [-0.4, -0.2) is 25.6 Å². The zero-order valence-electron chi connectivity index (χ0n) is 13.7. The molecule has 1 N–H and O–H groups in total. The molecule has 0 amide bonds. The highest BCUT2D eigenvalue weighted by atomic mass is 79.9. The lowest BCUT2D eigenvalue weighted by atomic mass is 10.1. The molecule has 25 heavy (non-hydrogen) atoms. The first-order valence-electron chi connectivity index (χ1n) is 8.01. The topological polar surface area (TPSA) is 61.1 Å². The van der Waals surface area contributed by atoms with Crippen LogP contribution in [0.2, 0.25) is 0 Å². The molecule has 0 atom stereocenters. The molecule has 5 nitrogen and oxygen atoms in total. The molecule has 0 spiro atoms. The summed E-state index contributed by atoms with van der Waals surface area (Å²) in [4.78, 5) is 0. The van der Waals surface area contributed by atoms with Crippen molar-refractivity contribution >= 4 is 26.9 Å². The Kier molecular flexibility index (Phi) is 4.31. The quantitative estimate of drug-likeness (QED) is 0.676. The second kappa shape index (κ2) is 6.61. The van der Waals surface area contributed by atoms with Gasteiger partial charge in [-0.15, -0.1) is 0 Å². The summed E-state index contributed by atoms with van der Waals surface area (Å²) in [6, 6.07) is 9.67. The fourth-order valence-electron chi connectivity index (χ4n) is 2.99. The minimum absolute atomic E-state index is 0.153. The van der Waals surface area contributed by atoms with Gasteiger partial charge in [-0.2, -0.15) is 0 Å². The predicted octanol–water partition coefficient (Wildman–Crippen LogP) is 4.52.